The minimum absolute atomic E-state index is 0.0560. The second-order valence-electron chi connectivity index (χ2n) is 21.6. The molecule has 7 heterocycles. The van der Waals surface area contributed by atoms with Crippen LogP contribution in [0.25, 0.3) is 11.2 Å². The molecule has 2 aliphatic carbocycles. The number of fused-ring (bicyclic) bond motifs is 2. The lowest BCUT2D eigenvalue weighted by molar-refractivity contribution is -0.136. The molecule has 74 heavy (non-hydrogen) atoms. The van der Waals surface area contributed by atoms with Crippen LogP contribution < -0.4 is 25.8 Å². The highest BCUT2D eigenvalue weighted by atomic mass is 16.2. The van der Waals surface area contributed by atoms with Crippen LogP contribution in [0.5, 0.6) is 0 Å². The van der Waals surface area contributed by atoms with E-state index in [1.165, 1.54) is 44.5 Å². The van der Waals surface area contributed by atoms with Gasteiger partial charge in [0.2, 0.25) is 17.7 Å². The molecule has 4 saturated heterocycles. The minimum Gasteiger partial charge on any atom is -0.369 e. The van der Waals surface area contributed by atoms with E-state index in [9.17, 15) is 24.0 Å². The van der Waals surface area contributed by atoms with Crippen molar-refractivity contribution >= 4 is 63.6 Å². The van der Waals surface area contributed by atoms with Gasteiger partial charge in [0, 0.05) is 107 Å². The topological polar surface area (TPSA) is 184 Å². The van der Waals surface area contributed by atoms with E-state index in [0.29, 0.717) is 34.8 Å². The maximum atomic E-state index is 13.4. The van der Waals surface area contributed by atoms with Crippen molar-refractivity contribution in [3.63, 3.8) is 0 Å². The smallest absolute Gasteiger partial charge is 0.262 e. The highest BCUT2D eigenvalue weighted by Gasteiger charge is 2.48. The maximum Gasteiger partial charge on any atom is 0.262 e. The van der Waals surface area contributed by atoms with Crippen molar-refractivity contribution in [1.29, 1.82) is 0 Å². The van der Waals surface area contributed by atoms with Crippen molar-refractivity contribution in [3.05, 3.63) is 114 Å². The third-order valence-electron chi connectivity index (χ3n) is 17.1. The van der Waals surface area contributed by atoms with Gasteiger partial charge in [-0.3, -0.25) is 48.9 Å². The molecule has 5 aliphatic heterocycles. The number of rotatable bonds is 14. The Morgan fingerprint density at radius 2 is 1.39 bits per heavy atom. The number of amides is 5. The van der Waals surface area contributed by atoms with Gasteiger partial charge in [0.1, 0.15) is 12.4 Å². The van der Waals surface area contributed by atoms with Crippen LogP contribution in [-0.4, -0.2) is 165 Å². The highest BCUT2D eigenvalue weighted by molar-refractivity contribution is 6.23. The van der Waals surface area contributed by atoms with Crippen LogP contribution in [0.15, 0.2) is 97.6 Å². The molecule has 0 bridgehead atoms. The first-order valence-corrected chi connectivity index (χ1v) is 26.7. The first-order valence-electron chi connectivity index (χ1n) is 26.7. The van der Waals surface area contributed by atoms with Crippen molar-refractivity contribution in [2.45, 2.75) is 82.0 Å². The fraction of sp³-hybridized carbons (Fsp3) is 0.464. The quantitative estimate of drug-likeness (QED) is 0.102. The van der Waals surface area contributed by atoms with Crippen LogP contribution in [0.4, 0.5) is 22.9 Å². The summed E-state index contributed by atoms with van der Waals surface area (Å²) in [7, 11) is 0. The third-order valence-corrected chi connectivity index (χ3v) is 17.1. The van der Waals surface area contributed by atoms with Crippen LogP contribution in [-0.2, 0) is 20.8 Å². The number of imidazole rings is 1. The first-order chi connectivity index (χ1) is 36.1. The van der Waals surface area contributed by atoms with Crippen LogP contribution in [0.1, 0.15) is 83.7 Å². The molecule has 5 amide bonds. The molecule has 18 heteroatoms. The Labute approximate surface area is 431 Å². The normalized spacial score (nSPS) is 23.8. The molecule has 3 N–H and O–H groups in total. The molecule has 1 atom stereocenters. The summed E-state index contributed by atoms with van der Waals surface area (Å²) < 4.78 is 2.12. The van der Waals surface area contributed by atoms with E-state index < -0.39 is 23.8 Å². The Balaban J connectivity index is 0.536. The molecule has 1 spiro atoms. The number of imide groups is 2. The number of piperazine rings is 2. The summed E-state index contributed by atoms with van der Waals surface area (Å²) in [5.74, 6) is -1.18. The number of piperidine rings is 2. The number of carbonyl (C=O) groups excluding carboxylic acids is 5. The Morgan fingerprint density at radius 1 is 0.716 bits per heavy atom. The van der Waals surface area contributed by atoms with Crippen molar-refractivity contribution in [2.75, 3.05) is 93.7 Å². The molecule has 3 aromatic carbocycles. The number of aromatic nitrogens is 4. The number of anilines is 4. The number of carbonyl (C=O) groups is 5. The summed E-state index contributed by atoms with van der Waals surface area (Å²) in [6, 6.07) is 24.0. The Morgan fingerprint density at radius 3 is 2.12 bits per heavy atom. The van der Waals surface area contributed by atoms with Gasteiger partial charge in [0.25, 0.3) is 11.8 Å². The lowest BCUT2D eigenvalue weighted by Gasteiger charge is -2.56. The van der Waals surface area contributed by atoms with Crippen LogP contribution >= 0.6 is 0 Å². The van der Waals surface area contributed by atoms with Gasteiger partial charge in [-0.1, -0.05) is 42.5 Å². The van der Waals surface area contributed by atoms with Crippen molar-refractivity contribution in [2.24, 2.45) is 5.41 Å². The van der Waals surface area contributed by atoms with Crippen LogP contribution in [0.3, 0.4) is 0 Å². The molecule has 5 aromatic rings. The van der Waals surface area contributed by atoms with Gasteiger partial charge in [-0.15, -0.1) is 0 Å². The first kappa shape index (κ1) is 48.0. The Bertz CT molecular complexity index is 2940. The van der Waals surface area contributed by atoms with Crippen molar-refractivity contribution in [1.82, 2.24) is 49.8 Å². The molecular weight excluding hydrogens is 935 g/mol. The summed E-state index contributed by atoms with van der Waals surface area (Å²) in [5, 5.41) is 8.93. The van der Waals surface area contributed by atoms with Crippen LogP contribution in [0, 0.1) is 5.41 Å². The Hall–Kier alpha value is -7.02. The van der Waals surface area contributed by atoms with E-state index in [0.717, 1.165) is 111 Å². The molecule has 2 aromatic heterocycles. The summed E-state index contributed by atoms with van der Waals surface area (Å²) in [6.45, 7) is 11.9. The lowest BCUT2D eigenvalue weighted by atomic mass is 9.60. The van der Waals surface area contributed by atoms with E-state index in [4.69, 9.17) is 4.98 Å². The standard InChI is InChI=1S/C56H65N13O5/c70-48-15-14-47(53(72)62-48)69-54(73)45-13-12-42(33-46(45)55(69)74)66-24-22-64(23-25-66)19-5-4-18-63-20-16-56(17-21-63)34-44(35-56)67-28-26-65(27-29-67)41-10-8-39(9-11-41)61-51-50-52(58-36-57-51)68(37-59-50)43-31-40(32-43)60-49(71)30-38-6-2-1-3-7-38/h1-13,33,36-37,40,43-44,47H,14-32,34-35H2,(H,60,71)(H,57,58,61)(H,62,70,72)/b5-4+. The fourth-order valence-electron chi connectivity index (χ4n) is 12.5. The van der Waals surface area contributed by atoms with Gasteiger partial charge in [-0.05, 0) is 111 Å². The van der Waals surface area contributed by atoms with Gasteiger partial charge in [-0.25, -0.2) is 15.0 Å². The number of benzene rings is 3. The molecule has 384 valence electrons. The monoisotopic (exact) mass is 1000 g/mol. The number of nitrogens with zero attached hydrogens (tertiary/aromatic N) is 10. The largest absolute Gasteiger partial charge is 0.369 e. The fourth-order valence-corrected chi connectivity index (χ4v) is 12.5. The molecule has 1 unspecified atom stereocenters. The zero-order valence-electron chi connectivity index (χ0n) is 41.9. The molecule has 2 saturated carbocycles. The second kappa shape index (κ2) is 20.4. The highest BCUT2D eigenvalue weighted by Crippen LogP contribution is 2.51. The number of hydrogen-bond donors (Lipinski definition) is 3. The third kappa shape index (κ3) is 9.77. The van der Waals surface area contributed by atoms with Gasteiger partial charge in [0.05, 0.1) is 23.9 Å². The van der Waals surface area contributed by atoms with E-state index in [1.807, 2.05) is 42.7 Å². The predicted molar refractivity (Wildman–Crippen MR) is 281 cm³/mol. The summed E-state index contributed by atoms with van der Waals surface area (Å²) in [6.07, 6.45) is 15.7. The zero-order valence-corrected chi connectivity index (χ0v) is 41.9. The molecule has 0 radical (unpaired) electrons. The van der Waals surface area contributed by atoms with Crippen molar-refractivity contribution in [3.8, 4) is 0 Å². The van der Waals surface area contributed by atoms with E-state index in [1.54, 1.807) is 18.5 Å². The average molecular weight is 1000 g/mol. The predicted octanol–water partition coefficient (Wildman–Crippen LogP) is 4.78. The number of hydrogen-bond acceptors (Lipinski definition) is 14. The van der Waals surface area contributed by atoms with Gasteiger partial charge < -0.3 is 25.0 Å². The number of nitrogens with one attached hydrogen (secondary N) is 3. The molecule has 12 rings (SSSR count). The summed E-state index contributed by atoms with van der Waals surface area (Å²) >= 11 is 0. The molecular formula is C56H65N13O5. The summed E-state index contributed by atoms with van der Waals surface area (Å²) in [4.78, 5) is 90.7. The van der Waals surface area contributed by atoms with Gasteiger partial charge in [-0.2, -0.15) is 0 Å². The average Bonchev–Trinajstić information content (AvgIpc) is 3.94. The summed E-state index contributed by atoms with van der Waals surface area (Å²) in [5.41, 5.74) is 6.80. The van der Waals surface area contributed by atoms with E-state index in [-0.39, 0.29) is 36.7 Å². The van der Waals surface area contributed by atoms with Gasteiger partial charge >= 0.3 is 0 Å². The lowest BCUT2D eigenvalue weighted by Crippen LogP contribution is -2.59. The minimum atomic E-state index is -0.961. The van der Waals surface area contributed by atoms with E-state index in [2.05, 4.69) is 91.4 Å². The zero-order chi connectivity index (χ0) is 50.3. The molecule has 6 fully saturated rings. The van der Waals surface area contributed by atoms with Crippen molar-refractivity contribution < 1.29 is 24.0 Å². The molecule has 18 nitrogen and oxygen atoms in total. The van der Waals surface area contributed by atoms with Crippen LogP contribution in [0.2, 0.25) is 0 Å². The van der Waals surface area contributed by atoms with Gasteiger partial charge in [0.15, 0.2) is 17.0 Å². The molecule has 7 aliphatic rings. The second-order valence-corrected chi connectivity index (χ2v) is 21.6. The maximum absolute atomic E-state index is 13.4. The SMILES string of the molecule is O=C1CCC(N2C(=O)c3ccc(N4CCN(C/C=C/CN5CCC6(CC5)CC(N5CCN(c7ccc(Nc8ncnc9c8ncn9C8CC(NC(=O)Cc9ccccc9)C8)cc7)CC5)C6)CC4)cc3C2=O)C(=O)N1. The Kier molecular flexibility index (Phi) is 13.2. The number of likely N-dealkylation sites (tertiary alicyclic amines) is 1. The van der Waals surface area contributed by atoms with E-state index >= 15 is 0 Å².